The number of anilines is 1. The molecule has 2 aliphatic rings. The number of aryl methyl sites for hydroxylation is 1. The molecule has 2 heterocycles. The van der Waals surface area contributed by atoms with Gasteiger partial charge in [-0.3, -0.25) is 9.69 Å². The first-order valence-corrected chi connectivity index (χ1v) is 13.2. The van der Waals surface area contributed by atoms with Gasteiger partial charge in [-0.1, -0.05) is 43.7 Å². The summed E-state index contributed by atoms with van der Waals surface area (Å²) < 4.78 is 7.26. The lowest BCUT2D eigenvalue weighted by molar-refractivity contribution is -0.143. The molecule has 8 heteroatoms. The number of aliphatic hydroxyl groups is 1. The Morgan fingerprint density at radius 3 is 2.57 bits per heavy atom. The van der Waals surface area contributed by atoms with E-state index in [1.807, 2.05) is 56.3 Å². The number of carbonyl (C=O) groups excluding carboxylic acids is 1. The van der Waals surface area contributed by atoms with Gasteiger partial charge in [0.05, 0.1) is 35.9 Å². The zero-order valence-electron chi connectivity index (χ0n) is 21.6. The Bertz CT molecular complexity index is 1300. The number of aromatic nitrogens is 2. The molecule has 1 fully saturated rings. The Morgan fingerprint density at radius 1 is 1.11 bits per heavy atom. The van der Waals surface area contributed by atoms with Crippen LogP contribution in [0.25, 0.3) is 11.0 Å². The van der Waals surface area contributed by atoms with E-state index in [1.54, 1.807) is 4.90 Å². The highest BCUT2D eigenvalue weighted by molar-refractivity contribution is 5.95. The fourth-order valence-electron chi connectivity index (χ4n) is 6.20. The maximum atomic E-state index is 12.6. The highest BCUT2D eigenvalue weighted by Crippen LogP contribution is 2.43. The standard InChI is InChI=1S/C29H35N3O5/c1-17-12-13-22-23(31(17)29(36)37-3)14-15-24-25(22)30-27(18(2)26(33)19-8-5-4-6-9-19)32(24)21-11-7-10-20(16-21)28(34)35/h4-6,8-9,14-15,17-18,20-21,26,33H,7,10-13,16H2,1-3H3,(H,34,35)/t17-,18-,20+,21+,26+/m0/s1. The molecule has 8 nitrogen and oxygen atoms in total. The molecule has 1 amide bonds. The molecule has 5 rings (SSSR count). The van der Waals surface area contributed by atoms with Crippen molar-refractivity contribution in [2.45, 2.75) is 76.5 Å². The molecule has 37 heavy (non-hydrogen) atoms. The van der Waals surface area contributed by atoms with E-state index in [2.05, 4.69) is 4.57 Å². The number of benzene rings is 2. The van der Waals surface area contributed by atoms with Crippen LogP contribution in [0.4, 0.5) is 10.5 Å². The molecule has 1 aliphatic heterocycles. The SMILES string of the molecule is COC(=O)N1c2ccc3c(nc([C@@H](C)[C@@H](O)c4ccccc4)n3[C@@H]3CCC[C@@H](C(=O)O)C3)c2CC[C@@H]1C. The molecule has 3 aromatic rings. The van der Waals surface area contributed by atoms with Gasteiger partial charge >= 0.3 is 12.1 Å². The number of ether oxygens (including phenoxy) is 1. The van der Waals surface area contributed by atoms with Crippen LogP contribution in [0.1, 0.15) is 81.0 Å². The highest BCUT2D eigenvalue weighted by Gasteiger charge is 2.36. The Kier molecular flexibility index (Phi) is 6.94. The lowest BCUT2D eigenvalue weighted by atomic mass is 9.85. The number of nitrogens with zero attached hydrogens (tertiary/aromatic N) is 3. The molecule has 0 bridgehead atoms. The quantitative estimate of drug-likeness (QED) is 0.468. The predicted octanol–water partition coefficient (Wildman–Crippen LogP) is 5.60. The molecule has 1 aliphatic carbocycles. The monoisotopic (exact) mass is 505 g/mol. The number of hydrogen-bond acceptors (Lipinski definition) is 5. The third-order valence-electron chi connectivity index (χ3n) is 8.24. The van der Waals surface area contributed by atoms with Gasteiger partial charge in [-0.05, 0) is 56.7 Å². The van der Waals surface area contributed by atoms with Gasteiger partial charge in [0.1, 0.15) is 5.82 Å². The van der Waals surface area contributed by atoms with Crippen molar-refractivity contribution in [2.24, 2.45) is 5.92 Å². The van der Waals surface area contributed by atoms with Gasteiger partial charge in [0.15, 0.2) is 0 Å². The Hall–Kier alpha value is -3.39. The third kappa shape index (κ3) is 4.48. The molecule has 196 valence electrons. The van der Waals surface area contributed by atoms with E-state index in [0.29, 0.717) is 12.8 Å². The van der Waals surface area contributed by atoms with E-state index in [-0.39, 0.29) is 18.0 Å². The number of imidazole rings is 1. The van der Waals surface area contributed by atoms with Crippen LogP contribution in [0.3, 0.4) is 0 Å². The first-order valence-electron chi connectivity index (χ1n) is 13.2. The molecule has 5 atom stereocenters. The van der Waals surface area contributed by atoms with Crippen molar-refractivity contribution in [1.82, 2.24) is 9.55 Å². The van der Waals surface area contributed by atoms with Crippen LogP contribution in [-0.4, -0.2) is 45.0 Å². The summed E-state index contributed by atoms with van der Waals surface area (Å²) in [6, 6.07) is 13.5. The minimum atomic E-state index is -0.766. The van der Waals surface area contributed by atoms with E-state index in [1.165, 1.54) is 7.11 Å². The highest BCUT2D eigenvalue weighted by atomic mass is 16.5. The van der Waals surface area contributed by atoms with Crippen LogP contribution >= 0.6 is 0 Å². The largest absolute Gasteiger partial charge is 0.481 e. The van der Waals surface area contributed by atoms with Crippen LogP contribution in [0.15, 0.2) is 42.5 Å². The molecule has 1 aromatic heterocycles. The average Bonchev–Trinajstić information content (AvgIpc) is 3.32. The number of amides is 1. The van der Waals surface area contributed by atoms with E-state index < -0.39 is 24.1 Å². The molecule has 2 aromatic carbocycles. The van der Waals surface area contributed by atoms with Gasteiger partial charge in [-0.15, -0.1) is 0 Å². The van der Waals surface area contributed by atoms with Crippen LogP contribution in [-0.2, 0) is 16.0 Å². The normalized spacial score (nSPS) is 23.4. The summed E-state index contributed by atoms with van der Waals surface area (Å²) in [5.74, 6) is -0.728. The van der Waals surface area contributed by atoms with Crippen molar-refractivity contribution in [3.8, 4) is 0 Å². The predicted molar refractivity (Wildman–Crippen MR) is 141 cm³/mol. The number of rotatable bonds is 5. The number of methoxy groups -OCH3 is 1. The number of fused-ring (bicyclic) bond motifs is 3. The van der Waals surface area contributed by atoms with Gasteiger partial charge in [0.25, 0.3) is 0 Å². The smallest absolute Gasteiger partial charge is 0.414 e. The molecule has 0 spiro atoms. The third-order valence-corrected chi connectivity index (χ3v) is 8.24. The fourth-order valence-corrected chi connectivity index (χ4v) is 6.20. The van der Waals surface area contributed by atoms with Crippen molar-refractivity contribution in [3.05, 3.63) is 59.4 Å². The zero-order valence-corrected chi connectivity index (χ0v) is 21.6. The van der Waals surface area contributed by atoms with Crippen molar-refractivity contribution in [1.29, 1.82) is 0 Å². The maximum absolute atomic E-state index is 12.6. The van der Waals surface area contributed by atoms with Gasteiger partial charge in [0.2, 0.25) is 0 Å². The Morgan fingerprint density at radius 2 is 1.86 bits per heavy atom. The van der Waals surface area contributed by atoms with Crippen molar-refractivity contribution in [2.75, 3.05) is 12.0 Å². The van der Waals surface area contributed by atoms with Gasteiger partial charge in [0, 0.05) is 23.6 Å². The van der Waals surface area contributed by atoms with Crippen molar-refractivity contribution < 1.29 is 24.5 Å². The van der Waals surface area contributed by atoms with E-state index in [0.717, 1.165) is 59.4 Å². The molecule has 0 saturated heterocycles. The summed E-state index contributed by atoms with van der Waals surface area (Å²) in [5, 5.41) is 21.1. The maximum Gasteiger partial charge on any atom is 0.414 e. The van der Waals surface area contributed by atoms with Crippen LogP contribution in [0.5, 0.6) is 0 Å². The fraction of sp³-hybridized carbons (Fsp3) is 0.483. The number of carboxylic acids is 1. The minimum Gasteiger partial charge on any atom is -0.481 e. The second kappa shape index (κ2) is 10.2. The van der Waals surface area contributed by atoms with Crippen LogP contribution < -0.4 is 4.90 Å². The summed E-state index contributed by atoms with van der Waals surface area (Å²) >= 11 is 0. The van der Waals surface area contributed by atoms with Gasteiger partial charge < -0.3 is 19.5 Å². The van der Waals surface area contributed by atoms with Crippen molar-refractivity contribution in [3.63, 3.8) is 0 Å². The van der Waals surface area contributed by atoms with Crippen LogP contribution in [0, 0.1) is 5.92 Å². The number of carboxylic acid groups (broad SMARTS) is 1. The van der Waals surface area contributed by atoms with Gasteiger partial charge in [-0.2, -0.15) is 0 Å². The number of aliphatic carboxylic acids is 1. The second-order valence-electron chi connectivity index (χ2n) is 10.5. The second-order valence-corrected chi connectivity index (χ2v) is 10.5. The molecular formula is C29H35N3O5. The summed E-state index contributed by atoms with van der Waals surface area (Å²) in [4.78, 5) is 31.4. The summed E-state index contributed by atoms with van der Waals surface area (Å²) in [6.07, 6.45) is 3.30. The van der Waals surface area contributed by atoms with E-state index in [9.17, 15) is 19.8 Å². The summed E-state index contributed by atoms with van der Waals surface area (Å²) in [6.45, 7) is 3.99. The Balaban J connectivity index is 1.67. The Labute approximate surface area is 216 Å². The van der Waals surface area contributed by atoms with Crippen LogP contribution in [0.2, 0.25) is 0 Å². The topological polar surface area (TPSA) is 105 Å². The number of hydrogen-bond donors (Lipinski definition) is 2. The summed E-state index contributed by atoms with van der Waals surface area (Å²) in [5.41, 5.74) is 4.35. The first-order chi connectivity index (χ1) is 17.8. The molecule has 1 saturated carbocycles. The lowest BCUT2D eigenvalue weighted by Crippen LogP contribution is -2.42. The van der Waals surface area contributed by atoms with E-state index >= 15 is 0 Å². The number of carbonyl (C=O) groups is 2. The van der Waals surface area contributed by atoms with Gasteiger partial charge in [-0.25, -0.2) is 9.78 Å². The zero-order chi connectivity index (χ0) is 26.3. The van der Waals surface area contributed by atoms with Crippen molar-refractivity contribution >= 4 is 28.8 Å². The minimum absolute atomic E-state index is 0.00690. The summed E-state index contributed by atoms with van der Waals surface area (Å²) in [7, 11) is 1.39. The average molecular weight is 506 g/mol. The first kappa shape index (κ1) is 25.3. The lowest BCUT2D eigenvalue weighted by Gasteiger charge is -2.34. The molecule has 0 radical (unpaired) electrons. The molecule has 2 N–H and O–H groups in total. The molecular weight excluding hydrogens is 470 g/mol. The van der Waals surface area contributed by atoms with E-state index in [4.69, 9.17) is 9.72 Å². The molecule has 0 unspecified atom stereocenters. The number of aliphatic hydroxyl groups excluding tert-OH is 1.